The minimum Gasteiger partial charge on any atom is -0.330 e. The van der Waals surface area contributed by atoms with Crippen LogP contribution in [0, 0.1) is 0 Å². The van der Waals surface area contributed by atoms with Crippen LogP contribution >= 0.6 is 15.9 Å². The molecule has 1 aromatic heterocycles. The number of nitrogens with two attached hydrogens (primary N) is 1. The minimum absolute atomic E-state index is 0.629. The summed E-state index contributed by atoms with van der Waals surface area (Å²) in [5.74, 6) is 0. The first-order chi connectivity index (χ1) is 8.79. The maximum atomic E-state index is 5.58. The molecule has 1 heterocycles. The smallest absolute Gasteiger partial charge is 0.107 e. The average Bonchev–Trinajstić information content (AvgIpc) is 2.97. The molecule has 1 aliphatic rings. The number of aryl methyl sites for hydroxylation is 2. The quantitative estimate of drug-likeness (QED) is 0.916. The fourth-order valence-corrected chi connectivity index (χ4v) is 3.19. The third kappa shape index (κ3) is 1.99. The first kappa shape index (κ1) is 11.9. The van der Waals surface area contributed by atoms with Crippen LogP contribution in [-0.4, -0.2) is 16.7 Å². The number of hydrogen-bond donors (Lipinski definition) is 2. The van der Waals surface area contributed by atoms with E-state index in [4.69, 9.17) is 5.73 Å². The van der Waals surface area contributed by atoms with Gasteiger partial charge >= 0.3 is 0 Å². The topological polar surface area (TPSA) is 54.7 Å². The average molecular weight is 306 g/mol. The van der Waals surface area contributed by atoms with Crippen molar-refractivity contribution < 1.29 is 0 Å². The fraction of sp³-hybridized carbons (Fsp3) is 0.357. The molecule has 1 aromatic carbocycles. The van der Waals surface area contributed by atoms with E-state index in [0.29, 0.717) is 6.54 Å². The summed E-state index contributed by atoms with van der Waals surface area (Å²) in [5, 5.41) is 7.47. The van der Waals surface area contributed by atoms with Crippen LogP contribution in [-0.2, 0) is 19.3 Å². The third-order valence-electron chi connectivity index (χ3n) is 3.54. The number of aromatic nitrogens is 2. The molecule has 0 radical (unpaired) electrons. The van der Waals surface area contributed by atoms with Gasteiger partial charge in [-0.05, 0) is 58.9 Å². The number of rotatable bonds is 3. The van der Waals surface area contributed by atoms with Crippen molar-refractivity contribution in [1.29, 1.82) is 0 Å². The molecule has 94 valence electrons. The molecule has 3 N–H and O–H groups in total. The second-order valence-corrected chi connectivity index (χ2v) is 5.53. The molecule has 1 aliphatic carbocycles. The molecule has 0 unspecified atom stereocenters. The van der Waals surface area contributed by atoms with Crippen LogP contribution in [0.15, 0.2) is 22.7 Å². The zero-order chi connectivity index (χ0) is 12.5. The zero-order valence-electron chi connectivity index (χ0n) is 10.2. The van der Waals surface area contributed by atoms with Crippen LogP contribution in [0.3, 0.4) is 0 Å². The van der Waals surface area contributed by atoms with Crippen molar-refractivity contribution in [3.8, 4) is 11.3 Å². The van der Waals surface area contributed by atoms with Crippen LogP contribution in [0.2, 0.25) is 0 Å². The van der Waals surface area contributed by atoms with E-state index in [2.05, 4.69) is 44.3 Å². The summed E-state index contributed by atoms with van der Waals surface area (Å²) >= 11 is 3.62. The van der Waals surface area contributed by atoms with Gasteiger partial charge in [0.05, 0.1) is 10.2 Å². The van der Waals surface area contributed by atoms with Crippen molar-refractivity contribution in [1.82, 2.24) is 10.2 Å². The van der Waals surface area contributed by atoms with Crippen molar-refractivity contribution in [3.63, 3.8) is 0 Å². The van der Waals surface area contributed by atoms with Gasteiger partial charge in [0.1, 0.15) is 5.69 Å². The molecular weight excluding hydrogens is 290 g/mol. The number of H-pyrrole nitrogens is 1. The van der Waals surface area contributed by atoms with Crippen molar-refractivity contribution in [2.75, 3.05) is 6.54 Å². The molecule has 0 saturated heterocycles. The zero-order valence-corrected chi connectivity index (χ0v) is 11.8. The Hall–Kier alpha value is -1.13. The summed E-state index contributed by atoms with van der Waals surface area (Å²) in [4.78, 5) is 0. The second-order valence-electron chi connectivity index (χ2n) is 4.74. The summed E-state index contributed by atoms with van der Waals surface area (Å²) < 4.78 is 1.05. The van der Waals surface area contributed by atoms with E-state index in [0.717, 1.165) is 22.3 Å². The predicted molar refractivity (Wildman–Crippen MR) is 76.5 cm³/mol. The van der Waals surface area contributed by atoms with Gasteiger partial charge in [-0.2, -0.15) is 5.10 Å². The lowest BCUT2D eigenvalue weighted by Crippen LogP contribution is -2.03. The first-order valence-electron chi connectivity index (χ1n) is 6.34. The van der Waals surface area contributed by atoms with Gasteiger partial charge in [-0.25, -0.2) is 0 Å². The van der Waals surface area contributed by atoms with Crippen LogP contribution in [0.5, 0.6) is 0 Å². The summed E-state index contributed by atoms with van der Waals surface area (Å²) in [6.45, 7) is 0.629. The number of nitrogens with zero attached hydrogens (tertiary/aromatic N) is 1. The van der Waals surface area contributed by atoms with Gasteiger partial charge in [0, 0.05) is 12.0 Å². The fourth-order valence-electron chi connectivity index (χ4n) is 2.58. The second kappa shape index (κ2) is 4.86. The van der Waals surface area contributed by atoms with E-state index >= 15 is 0 Å². The van der Waals surface area contributed by atoms with Gasteiger partial charge in [-0.3, -0.25) is 5.10 Å². The summed E-state index contributed by atoms with van der Waals surface area (Å²) in [6.07, 6.45) is 4.51. The number of fused-ring (bicyclic) bond motifs is 1. The van der Waals surface area contributed by atoms with E-state index in [1.807, 2.05) is 0 Å². The van der Waals surface area contributed by atoms with Crippen LogP contribution in [0.4, 0.5) is 0 Å². The Morgan fingerprint density at radius 2 is 2.11 bits per heavy atom. The monoisotopic (exact) mass is 305 g/mol. The Morgan fingerprint density at radius 1 is 1.28 bits per heavy atom. The summed E-state index contributed by atoms with van der Waals surface area (Å²) in [7, 11) is 0. The molecule has 0 fully saturated rings. The van der Waals surface area contributed by atoms with Crippen molar-refractivity contribution >= 4 is 15.9 Å². The lowest BCUT2D eigenvalue weighted by Gasteiger charge is -2.03. The van der Waals surface area contributed by atoms with E-state index < -0.39 is 0 Å². The predicted octanol–water partition coefficient (Wildman–Crippen LogP) is 2.83. The molecule has 0 bridgehead atoms. The van der Waals surface area contributed by atoms with Crippen molar-refractivity contribution in [3.05, 3.63) is 39.5 Å². The standard InChI is InChI=1S/C14H16BrN3/c15-13-12(6-7-16)17-18-14(13)11-5-4-9-2-1-3-10(9)8-11/h4-5,8H,1-3,6-7,16H2,(H,17,18). The highest BCUT2D eigenvalue weighted by atomic mass is 79.9. The molecule has 3 nitrogen and oxygen atoms in total. The van der Waals surface area contributed by atoms with Gasteiger partial charge in [-0.1, -0.05) is 12.1 Å². The highest BCUT2D eigenvalue weighted by molar-refractivity contribution is 9.10. The molecule has 0 spiro atoms. The maximum absolute atomic E-state index is 5.58. The van der Waals surface area contributed by atoms with Gasteiger partial charge in [-0.15, -0.1) is 0 Å². The van der Waals surface area contributed by atoms with Crippen LogP contribution in [0.25, 0.3) is 11.3 Å². The minimum atomic E-state index is 0.629. The largest absolute Gasteiger partial charge is 0.330 e. The molecule has 0 aliphatic heterocycles. The lowest BCUT2D eigenvalue weighted by atomic mass is 10.0. The Balaban J connectivity index is 1.99. The number of halogens is 1. The number of hydrogen-bond acceptors (Lipinski definition) is 2. The molecule has 4 heteroatoms. The Morgan fingerprint density at radius 3 is 2.94 bits per heavy atom. The number of benzene rings is 1. The third-order valence-corrected chi connectivity index (χ3v) is 4.40. The Bertz CT molecular complexity index is 574. The maximum Gasteiger partial charge on any atom is 0.107 e. The molecule has 18 heavy (non-hydrogen) atoms. The van der Waals surface area contributed by atoms with Crippen molar-refractivity contribution in [2.24, 2.45) is 5.73 Å². The van der Waals surface area contributed by atoms with Crippen LogP contribution in [0.1, 0.15) is 23.2 Å². The van der Waals surface area contributed by atoms with E-state index in [1.165, 1.54) is 36.0 Å². The molecular formula is C14H16BrN3. The van der Waals surface area contributed by atoms with Gasteiger partial charge in [0.2, 0.25) is 0 Å². The van der Waals surface area contributed by atoms with E-state index in [1.54, 1.807) is 0 Å². The molecule has 0 atom stereocenters. The molecule has 2 aromatic rings. The first-order valence-corrected chi connectivity index (χ1v) is 7.14. The summed E-state index contributed by atoms with van der Waals surface area (Å²) in [6, 6.07) is 6.67. The van der Waals surface area contributed by atoms with E-state index in [-0.39, 0.29) is 0 Å². The molecule has 3 rings (SSSR count). The highest BCUT2D eigenvalue weighted by Gasteiger charge is 2.15. The van der Waals surface area contributed by atoms with Gasteiger partial charge in [0.15, 0.2) is 0 Å². The Kier molecular flexibility index (Phi) is 3.22. The number of nitrogens with one attached hydrogen (secondary N) is 1. The summed E-state index contributed by atoms with van der Waals surface area (Å²) in [5.41, 5.74) is 11.8. The number of aromatic amines is 1. The van der Waals surface area contributed by atoms with Gasteiger partial charge in [0.25, 0.3) is 0 Å². The van der Waals surface area contributed by atoms with Gasteiger partial charge < -0.3 is 5.73 Å². The lowest BCUT2D eigenvalue weighted by molar-refractivity contribution is 0.898. The normalized spacial score (nSPS) is 13.9. The van der Waals surface area contributed by atoms with E-state index in [9.17, 15) is 0 Å². The SMILES string of the molecule is NCCc1[nH]nc(-c2ccc3c(c2)CCC3)c1Br. The molecule has 0 saturated carbocycles. The molecule has 0 amide bonds. The highest BCUT2D eigenvalue weighted by Crippen LogP contribution is 2.32. The Labute approximate surface area is 115 Å². The van der Waals surface area contributed by atoms with Crippen LogP contribution < -0.4 is 5.73 Å². The van der Waals surface area contributed by atoms with Crippen molar-refractivity contribution in [2.45, 2.75) is 25.7 Å².